The first-order valence-electron chi connectivity index (χ1n) is 11.0. The zero-order valence-corrected chi connectivity index (χ0v) is 18.6. The molecule has 0 aliphatic heterocycles. The molecule has 0 heterocycles. The SMILES string of the molecule is CC(OCCCCCCC(=O)OSC1CCCCC1)OSC1CCCCC1. The molecule has 0 N–H and O–H groups in total. The van der Waals surface area contributed by atoms with E-state index in [0.29, 0.717) is 16.9 Å². The van der Waals surface area contributed by atoms with Crippen LogP contribution < -0.4 is 0 Å². The van der Waals surface area contributed by atoms with Gasteiger partial charge in [-0.25, -0.2) is 0 Å². The summed E-state index contributed by atoms with van der Waals surface area (Å²) in [6.07, 6.45) is 17.4. The molecule has 2 aliphatic rings. The second kappa shape index (κ2) is 15.0. The van der Waals surface area contributed by atoms with Crippen molar-refractivity contribution < 1.29 is 17.9 Å². The predicted molar refractivity (Wildman–Crippen MR) is 115 cm³/mol. The third kappa shape index (κ3) is 11.6. The Kier molecular flexibility index (Phi) is 13.0. The van der Waals surface area contributed by atoms with Crippen LogP contribution in [0, 0.1) is 0 Å². The normalized spacial score (nSPS) is 20.5. The highest BCUT2D eigenvalue weighted by Gasteiger charge is 2.17. The molecule has 0 aromatic rings. The van der Waals surface area contributed by atoms with Crippen LogP contribution in [0.15, 0.2) is 0 Å². The van der Waals surface area contributed by atoms with Crippen molar-refractivity contribution in [3.8, 4) is 0 Å². The number of ether oxygens (including phenoxy) is 1. The lowest BCUT2D eigenvalue weighted by molar-refractivity contribution is -0.133. The molecule has 158 valence electrons. The molecule has 6 heteroatoms. The monoisotopic (exact) mass is 418 g/mol. The summed E-state index contributed by atoms with van der Waals surface area (Å²) in [6, 6.07) is 0. The summed E-state index contributed by atoms with van der Waals surface area (Å²) in [6.45, 7) is 2.71. The number of hydrogen-bond donors (Lipinski definition) is 0. The molecule has 0 aromatic heterocycles. The lowest BCUT2D eigenvalue weighted by atomic mass is 10.0. The van der Waals surface area contributed by atoms with Gasteiger partial charge >= 0.3 is 5.97 Å². The first-order chi connectivity index (χ1) is 13.2. The van der Waals surface area contributed by atoms with E-state index in [4.69, 9.17) is 13.1 Å². The molecule has 0 saturated heterocycles. The fourth-order valence-electron chi connectivity index (χ4n) is 3.64. The van der Waals surface area contributed by atoms with Gasteiger partial charge in [0.1, 0.15) is 0 Å². The second-order valence-corrected chi connectivity index (χ2v) is 9.94. The smallest absolute Gasteiger partial charge is 0.317 e. The zero-order valence-electron chi connectivity index (χ0n) is 17.0. The predicted octanol–water partition coefficient (Wildman–Crippen LogP) is 6.82. The Labute approximate surface area is 174 Å². The molecular weight excluding hydrogens is 380 g/mol. The van der Waals surface area contributed by atoms with Crippen LogP contribution in [0.1, 0.15) is 103 Å². The van der Waals surface area contributed by atoms with E-state index in [1.54, 1.807) is 12.0 Å². The fourth-order valence-corrected chi connectivity index (χ4v) is 5.39. The van der Waals surface area contributed by atoms with Gasteiger partial charge in [-0.3, -0.25) is 8.98 Å². The molecule has 27 heavy (non-hydrogen) atoms. The van der Waals surface area contributed by atoms with Gasteiger partial charge in [0.05, 0.1) is 12.0 Å². The lowest BCUT2D eigenvalue weighted by Crippen LogP contribution is -2.15. The Morgan fingerprint density at radius 3 is 2.11 bits per heavy atom. The van der Waals surface area contributed by atoms with Gasteiger partial charge in [0.2, 0.25) is 0 Å². The van der Waals surface area contributed by atoms with Gasteiger partial charge in [0.25, 0.3) is 0 Å². The van der Waals surface area contributed by atoms with E-state index in [9.17, 15) is 4.79 Å². The minimum Gasteiger partial charge on any atom is -0.391 e. The summed E-state index contributed by atoms with van der Waals surface area (Å²) in [5.41, 5.74) is 0. The van der Waals surface area contributed by atoms with Gasteiger partial charge in [0, 0.05) is 23.5 Å². The van der Waals surface area contributed by atoms with Crippen LogP contribution in [0.4, 0.5) is 0 Å². The number of rotatable bonds is 13. The third-order valence-corrected chi connectivity index (χ3v) is 7.49. The summed E-state index contributed by atoms with van der Waals surface area (Å²) in [5.74, 6) is -0.0522. The van der Waals surface area contributed by atoms with Crippen LogP contribution in [0.2, 0.25) is 0 Å². The summed E-state index contributed by atoms with van der Waals surface area (Å²) in [4.78, 5) is 11.8. The van der Waals surface area contributed by atoms with Crippen molar-refractivity contribution in [3.05, 3.63) is 0 Å². The van der Waals surface area contributed by atoms with Crippen molar-refractivity contribution in [1.82, 2.24) is 0 Å². The first-order valence-corrected chi connectivity index (χ1v) is 12.6. The van der Waals surface area contributed by atoms with E-state index < -0.39 is 0 Å². The molecule has 0 radical (unpaired) electrons. The van der Waals surface area contributed by atoms with E-state index >= 15 is 0 Å². The van der Waals surface area contributed by atoms with Crippen LogP contribution >= 0.6 is 24.1 Å². The topological polar surface area (TPSA) is 44.8 Å². The Hall–Kier alpha value is 0.0900. The molecule has 1 unspecified atom stereocenters. The molecule has 1 atom stereocenters. The van der Waals surface area contributed by atoms with Crippen molar-refractivity contribution >= 4 is 30.1 Å². The summed E-state index contributed by atoms with van der Waals surface area (Å²) >= 11 is 3.03. The summed E-state index contributed by atoms with van der Waals surface area (Å²) < 4.78 is 16.8. The molecule has 0 bridgehead atoms. The van der Waals surface area contributed by atoms with Crippen LogP contribution in [-0.4, -0.2) is 29.4 Å². The zero-order chi connectivity index (χ0) is 19.2. The maximum Gasteiger partial charge on any atom is 0.317 e. The third-order valence-electron chi connectivity index (χ3n) is 5.34. The molecule has 2 fully saturated rings. The van der Waals surface area contributed by atoms with E-state index in [0.717, 1.165) is 32.3 Å². The van der Waals surface area contributed by atoms with Crippen LogP contribution in [0.5, 0.6) is 0 Å². The molecule has 0 spiro atoms. The maximum absolute atomic E-state index is 11.8. The molecule has 2 aliphatic carbocycles. The van der Waals surface area contributed by atoms with Gasteiger partial charge < -0.3 is 8.92 Å². The largest absolute Gasteiger partial charge is 0.391 e. The van der Waals surface area contributed by atoms with Crippen LogP contribution in [0.25, 0.3) is 0 Å². The van der Waals surface area contributed by atoms with Crippen molar-refractivity contribution in [2.24, 2.45) is 0 Å². The first kappa shape index (κ1) is 23.4. The van der Waals surface area contributed by atoms with Gasteiger partial charge in [-0.05, 0) is 57.5 Å². The average Bonchev–Trinajstić information content (AvgIpc) is 2.71. The Morgan fingerprint density at radius 1 is 0.852 bits per heavy atom. The highest BCUT2D eigenvalue weighted by atomic mass is 32.2. The number of carbonyl (C=O) groups is 1. The van der Waals surface area contributed by atoms with Crippen LogP contribution in [-0.2, 0) is 17.9 Å². The highest BCUT2D eigenvalue weighted by molar-refractivity contribution is 7.95. The molecular formula is C21H38O4S2. The molecule has 2 saturated carbocycles. The minimum absolute atomic E-state index is 0.0522. The average molecular weight is 419 g/mol. The van der Waals surface area contributed by atoms with Crippen molar-refractivity contribution in [1.29, 1.82) is 0 Å². The molecule has 2 rings (SSSR count). The van der Waals surface area contributed by atoms with Gasteiger partial charge in [0.15, 0.2) is 6.29 Å². The number of unbranched alkanes of at least 4 members (excludes halogenated alkanes) is 3. The Morgan fingerprint density at radius 2 is 1.44 bits per heavy atom. The molecule has 0 aromatic carbocycles. The lowest BCUT2D eigenvalue weighted by Gasteiger charge is -2.22. The van der Waals surface area contributed by atoms with Crippen molar-refractivity contribution in [2.75, 3.05) is 6.61 Å². The molecule has 0 amide bonds. The standard InChI is InChI=1S/C21H38O4S2/c1-18(24-26-19-12-6-4-7-13-19)23-17-11-3-2-10-16-21(22)25-27-20-14-8-5-9-15-20/h18-20H,2-17H2,1H3. The second-order valence-electron chi connectivity index (χ2n) is 7.87. The van der Waals surface area contributed by atoms with Crippen molar-refractivity contribution in [3.63, 3.8) is 0 Å². The summed E-state index contributed by atoms with van der Waals surface area (Å²) in [5, 5.41) is 1.18. The molecule has 4 nitrogen and oxygen atoms in total. The van der Waals surface area contributed by atoms with E-state index in [1.807, 2.05) is 6.92 Å². The van der Waals surface area contributed by atoms with E-state index in [1.165, 1.54) is 76.3 Å². The highest BCUT2D eigenvalue weighted by Crippen LogP contribution is 2.30. The quantitative estimate of drug-likeness (QED) is 0.186. The number of carbonyl (C=O) groups excluding carboxylic acids is 1. The van der Waals surface area contributed by atoms with E-state index in [2.05, 4.69) is 0 Å². The summed E-state index contributed by atoms with van der Waals surface area (Å²) in [7, 11) is 0. The van der Waals surface area contributed by atoms with Gasteiger partial charge in [-0.15, -0.1) is 0 Å². The Bertz CT molecular complexity index is 382. The Balaban J connectivity index is 1.34. The van der Waals surface area contributed by atoms with Crippen LogP contribution in [0.3, 0.4) is 0 Å². The van der Waals surface area contributed by atoms with Crippen molar-refractivity contribution in [2.45, 2.75) is 120 Å². The number of hydrogen-bond acceptors (Lipinski definition) is 6. The maximum atomic E-state index is 11.8. The van der Waals surface area contributed by atoms with Gasteiger partial charge in [-0.2, -0.15) is 0 Å². The minimum atomic E-state index is -0.135. The van der Waals surface area contributed by atoms with Gasteiger partial charge in [-0.1, -0.05) is 51.4 Å². The van der Waals surface area contributed by atoms with E-state index in [-0.39, 0.29) is 12.3 Å². The fraction of sp³-hybridized carbons (Fsp3) is 0.952.